The number of hydrogen-bond acceptors (Lipinski definition) is 3. The van der Waals surface area contributed by atoms with E-state index in [1.54, 1.807) is 0 Å². The van der Waals surface area contributed by atoms with Crippen molar-refractivity contribution in [2.75, 3.05) is 18.0 Å². The number of rotatable bonds is 1. The van der Waals surface area contributed by atoms with Gasteiger partial charge in [0.05, 0.1) is 5.39 Å². The van der Waals surface area contributed by atoms with Gasteiger partial charge in [-0.25, -0.2) is 9.97 Å². The molecule has 0 spiro atoms. The first-order valence-electron chi connectivity index (χ1n) is 7.74. The Morgan fingerprint density at radius 3 is 2.67 bits per heavy atom. The topological polar surface area (TPSA) is 44.8 Å². The summed E-state index contributed by atoms with van der Waals surface area (Å²) in [6.07, 6.45) is 3.84. The molecule has 3 heterocycles. The van der Waals surface area contributed by atoms with E-state index in [1.807, 2.05) is 6.92 Å². The Balaban J connectivity index is 2.03. The minimum absolute atomic E-state index is 0.839. The number of aromatic nitrogens is 3. The largest absolute Gasteiger partial charge is 0.356 e. The number of anilines is 1. The first-order chi connectivity index (χ1) is 10.2. The molecule has 4 heteroatoms. The fraction of sp³-hybridized carbons (Fsp3) is 0.412. The van der Waals surface area contributed by atoms with E-state index in [9.17, 15) is 0 Å². The van der Waals surface area contributed by atoms with E-state index in [2.05, 4.69) is 40.0 Å². The lowest BCUT2D eigenvalue weighted by atomic mass is 10.1. The van der Waals surface area contributed by atoms with Crippen LogP contribution in [-0.4, -0.2) is 28.0 Å². The summed E-state index contributed by atoms with van der Waals surface area (Å²) in [6, 6.07) is 6.51. The first kappa shape index (κ1) is 12.6. The summed E-state index contributed by atoms with van der Waals surface area (Å²) in [6.45, 7) is 6.31. The Labute approximate surface area is 124 Å². The van der Waals surface area contributed by atoms with Gasteiger partial charge in [-0.1, -0.05) is 11.6 Å². The zero-order valence-electron chi connectivity index (χ0n) is 12.6. The van der Waals surface area contributed by atoms with Crippen LogP contribution < -0.4 is 4.90 Å². The molecule has 0 atom stereocenters. The van der Waals surface area contributed by atoms with Gasteiger partial charge in [-0.3, -0.25) is 0 Å². The number of H-pyrrole nitrogens is 1. The molecule has 0 unspecified atom stereocenters. The maximum absolute atomic E-state index is 4.77. The van der Waals surface area contributed by atoms with E-state index in [1.165, 1.54) is 35.6 Å². The molecule has 0 aliphatic carbocycles. The lowest BCUT2D eigenvalue weighted by molar-refractivity contribution is 0.574. The van der Waals surface area contributed by atoms with E-state index >= 15 is 0 Å². The SMILES string of the molecule is Cc1ccc2[nH]c3nc(C)nc(N4CCCCC4)c3c2c1. The molecule has 4 nitrogen and oxygen atoms in total. The van der Waals surface area contributed by atoms with E-state index in [-0.39, 0.29) is 0 Å². The normalized spacial score (nSPS) is 16.0. The zero-order valence-corrected chi connectivity index (χ0v) is 12.6. The molecule has 21 heavy (non-hydrogen) atoms. The highest BCUT2D eigenvalue weighted by Gasteiger charge is 2.19. The summed E-state index contributed by atoms with van der Waals surface area (Å²) >= 11 is 0. The molecule has 4 rings (SSSR count). The Hall–Kier alpha value is -2.10. The van der Waals surface area contributed by atoms with Crippen LogP contribution in [0.2, 0.25) is 0 Å². The van der Waals surface area contributed by atoms with Crippen molar-refractivity contribution in [1.82, 2.24) is 15.0 Å². The van der Waals surface area contributed by atoms with Crippen molar-refractivity contribution < 1.29 is 0 Å². The second kappa shape index (κ2) is 4.72. The number of nitrogens with one attached hydrogen (secondary N) is 1. The van der Waals surface area contributed by atoms with Crippen LogP contribution in [0.5, 0.6) is 0 Å². The lowest BCUT2D eigenvalue weighted by Gasteiger charge is -2.28. The fourth-order valence-electron chi connectivity index (χ4n) is 3.33. The number of hydrogen-bond donors (Lipinski definition) is 1. The van der Waals surface area contributed by atoms with Crippen LogP contribution in [0.15, 0.2) is 18.2 Å². The highest BCUT2D eigenvalue weighted by Crippen LogP contribution is 2.33. The molecule has 2 aromatic heterocycles. The third kappa shape index (κ3) is 2.06. The number of nitrogens with zero attached hydrogens (tertiary/aromatic N) is 3. The predicted octanol–water partition coefficient (Wildman–Crippen LogP) is 3.72. The standard InChI is InChI=1S/C17H20N4/c1-11-6-7-14-13(10-11)15-16(20-14)18-12(2)19-17(15)21-8-4-3-5-9-21/h6-7,10H,3-5,8-9H2,1-2H3,(H,18,19,20). The van der Waals surface area contributed by atoms with Gasteiger partial charge in [-0.2, -0.15) is 0 Å². The van der Waals surface area contributed by atoms with Gasteiger partial charge >= 0.3 is 0 Å². The van der Waals surface area contributed by atoms with Gasteiger partial charge in [0.2, 0.25) is 0 Å². The average Bonchev–Trinajstić information content (AvgIpc) is 2.84. The molecule has 3 aromatic rings. The maximum Gasteiger partial charge on any atom is 0.144 e. The maximum atomic E-state index is 4.77. The molecular weight excluding hydrogens is 260 g/mol. The highest BCUT2D eigenvalue weighted by atomic mass is 15.2. The smallest absolute Gasteiger partial charge is 0.144 e. The Morgan fingerprint density at radius 2 is 1.86 bits per heavy atom. The summed E-state index contributed by atoms with van der Waals surface area (Å²) in [5, 5.41) is 2.42. The van der Waals surface area contributed by atoms with Crippen LogP contribution in [0.4, 0.5) is 5.82 Å². The zero-order chi connectivity index (χ0) is 14.4. The third-order valence-corrected chi connectivity index (χ3v) is 4.35. The van der Waals surface area contributed by atoms with E-state index < -0.39 is 0 Å². The summed E-state index contributed by atoms with van der Waals surface area (Å²) in [5.41, 5.74) is 3.38. The van der Waals surface area contributed by atoms with Crippen molar-refractivity contribution in [3.8, 4) is 0 Å². The van der Waals surface area contributed by atoms with Gasteiger partial charge in [0.15, 0.2) is 0 Å². The molecule has 1 fully saturated rings. The first-order valence-corrected chi connectivity index (χ1v) is 7.74. The Bertz CT molecular complexity index is 812. The summed E-state index contributed by atoms with van der Waals surface area (Å²) in [4.78, 5) is 15.3. The molecule has 108 valence electrons. The van der Waals surface area contributed by atoms with Gasteiger partial charge < -0.3 is 9.88 Å². The number of piperidine rings is 1. The highest BCUT2D eigenvalue weighted by molar-refractivity contribution is 6.11. The summed E-state index contributed by atoms with van der Waals surface area (Å²) in [5.74, 6) is 1.94. The van der Waals surface area contributed by atoms with Gasteiger partial charge in [0, 0.05) is 24.0 Å². The van der Waals surface area contributed by atoms with Crippen LogP contribution in [0, 0.1) is 13.8 Å². The van der Waals surface area contributed by atoms with Crippen LogP contribution in [0.25, 0.3) is 21.9 Å². The van der Waals surface area contributed by atoms with Crippen molar-refractivity contribution in [1.29, 1.82) is 0 Å². The fourth-order valence-corrected chi connectivity index (χ4v) is 3.33. The third-order valence-electron chi connectivity index (χ3n) is 4.35. The van der Waals surface area contributed by atoms with Gasteiger partial charge in [0.25, 0.3) is 0 Å². The van der Waals surface area contributed by atoms with E-state index in [0.717, 1.165) is 35.9 Å². The number of fused-ring (bicyclic) bond motifs is 3. The lowest BCUT2D eigenvalue weighted by Crippen LogP contribution is -2.30. The molecular formula is C17H20N4. The van der Waals surface area contributed by atoms with Crippen LogP contribution in [-0.2, 0) is 0 Å². The molecule has 1 aromatic carbocycles. The van der Waals surface area contributed by atoms with Crippen LogP contribution >= 0.6 is 0 Å². The van der Waals surface area contributed by atoms with Crippen molar-refractivity contribution in [2.45, 2.75) is 33.1 Å². The van der Waals surface area contributed by atoms with Crippen LogP contribution in [0.1, 0.15) is 30.7 Å². The number of aromatic amines is 1. The quantitative estimate of drug-likeness (QED) is 0.739. The molecule has 0 radical (unpaired) electrons. The molecule has 1 aliphatic heterocycles. The molecule has 1 N–H and O–H groups in total. The van der Waals surface area contributed by atoms with Crippen molar-refractivity contribution >= 4 is 27.8 Å². The van der Waals surface area contributed by atoms with Gasteiger partial charge in [0.1, 0.15) is 17.3 Å². The van der Waals surface area contributed by atoms with Crippen LogP contribution in [0.3, 0.4) is 0 Å². The minimum Gasteiger partial charge on any atom is -0.356 e. The minimum atomic E-state index is 0.839. The molecule has 0 amide bonds. The Kier molecular flexibility index (Phi) is 2.84. The number of benzene rings is 1. The Morgan fingerprint density at radius 1 is 1.05 bits per heavy atom. The van der Waals surface area contributed by atoms with Crippen molar-refractivity contribution in [3.05, 3.63) is 29.6 Å². The molecule has 1 aliphatic rings. The van der Waals surface area contributed by atoms with Crippen molar-refractivity contribution in [2.24, 2.45) is 0 Å². The summed E-state index contributed by atoms with van der Waals surface area (Å²) in [7, 11) is 0. The molecule has 1 saturated heterocycles. The van der Waals surface area contributed by atoms with E-state index in [0.29, 0.717) is 0 Å². The van der Waals surface area contributed by atoms with Gasteiger partial charge in [-0.15, -0.1) is 0 Å². The average molecular weight is 280 g/mol. The van der Waals surface area contributed by atoms with Crippen molar-refractivity contribution in [3.63, 3.8) is 0 Å². The molecule has 0 bridgehead atoms. The molecule has 0 saturated carbocycles. The predicted molar refractivity (Wildman–Crippen MR) is 86.9 cm³/mol. The summed E-state index contributed by atoms with van der Waals surface area (Å²) < 4.78 is 0. The van der Waals surface area contributed by atoms with E-state index in [4.69, 9.17) is 4.98 Å². The second-order valence-corrected chi connectivity index (χ2v) is 6.04. The van der Waals surface area contributed by atoms with Gasteiger partial charge in [-0.05, 0) is 45.2 Å². The second-order valence-electron chi connectivity index (χ2n) is 6.04. The monoisotopic (exact) mass is 280 g/mol. The number of aryl methyl sites for hydroxylation is 2.